The second-order valence-electron chi connectivity index (χ2n) is 5.63. The van der Waals surface area contributed by atoms with Crippen molar-refractivity contribution in [2.24, 2.45) is 0 Å². The van der Waals surface area contributed by atoms with E-state index in [1.54, 1.807) is 6.20 Å². The van der Waals surface area contributed by atoms with Crippen LogP contribution < -0.4 is 5.32 Å². The summed E-state index contributed by atoms with van der Waals surface area (Å²) >= 11 is 1.41. The second-order valence-corrected chi connectivity index (χ2v) is 6.74. The van der Waals surface area contributed by atoms with Gasteiger partial charge in [-0.15, -0.1) is 0 Å². The summed E-state index contributed by atoms with van der Waals surface area (Å²) < 4.78 is 38.1. The van der Waals surface area contributed by atoms with Crippen LogP contribution in [0.4, 0.5) is 13.2 Å². The van der Waals surface area contributed by atoms with Crippen molar-refractivity contribution < 1.29 is 13.2 Å². The van der Waals surface area contributed by atoms with Crippen molar-refractivity contribution >= 4 is 22.7 Å². The van der Waals surface area contributed by atoms with Crippen LogP contribution in [-0.4, -0.2) is 4.98 Å². The second kappa shape index (κ2) is 7.83. The van der Waals surface area contributed by atoms with E-state index in [1.807, 2.05) is 43.5 Å². The van der Waals surface area contributed by atoms with Gasteiger partial charge in [0.1, 0.15) is 0 Å². The summed E-state index contributed by atoms with van der Waals surface area (Å²) in [6.07, 6.45) is 1.21. The van der Waals surface area contributed by atoms with Crippen LogP contribution in [0.3, 0.4) is 0 Å². The third-order valence-electron chi connectivity index (χ3n) is 3.81. The quantitative estimate of drug-likeness (QED) is 0.590. The molecule has 6 heteroatoms. The Kier molecular flexibility index (Phi) is 5.52. The Morgan fingerprint density at radius 2 is 1.85 bits per heavy atom. The molecule has 0 aliphatic heterocycles. The predicted molar refractivity (Wildman–Crippen MR) is 99.0 cm³/mol. The lowest BCUT2D eigenvalue weighted by Crippen LogP contribution is -2.05. The minimum absolute atomic E-state index is 0.643. The van der Waals surface area contributed by atoms with Gasteiger partial charge in [0.2, 0.25) is 0 Å². The first-order valence-corrected chi connectivity index (χ1v) is 8.87. The summed E-state index contributed by atoms with van der Waals surface area (Å²) in [5, 5.41) is 4.24. The van der Waals surface area contributed by atoms with E-state index in [4.69, 9.17) is 0 Å². The summed E-state index contributed by atoms with van der Waals surface area (Å²) in [5.74, 6) is 0. The SMILES string of the molecule is CC=CNCc1ccc(Sc2ccc(C(F)(F)F)cc2)c2ncccc12. The zero-order valence-electron chi connectivity index (χ0n) is 14.0. The first-order chi connectivity index (χ1) is 12.5. The Balaban J connectivity index is 1.90. The van der Waals surface area contributed by atoms with Gasteiger partial charge in [0.25, 0.3) is 0 Å². The van der Waals surface area contributed by atoms with E-state index in [2.05, 4.69) is 10.3 Å². The van der Waals surface area contributed by atoms with Crippen molar-refractivity contribution in [1.29, 1.82) is 0 Å². The average molecular weight is 374 g/mol. The summed E-state index contributed by atoms with van der Waals surface area (Å²) in [5.41, 5.74) is 1.32. The van der Waals surface area contributed by atoms with Crippen LogP contribution in [0.25, 0.3) is 10.9 Å². The van der Waals surface area contributed by atoms with Gasteiger partial charge >= 0.3 is 6.18 Å². The highest BCUT2D eigenvalue weighted by Gasteiger charge is 2.29. The molecule has 1 aromatic heterocycles. The molecule has 0 fully saturated rings. The lowest BCUT2D eigenvalue weighted by molar-refractivity contribution is -0.137. The Hall–Kier alpha value is -2.47. The lowest BCUT2D eigenvalue weighted by atomic mass is 10.1. The van der Waals surface area contributed by atoms with Crippen molar-refractivity contribution in [3.8, 4) is 0 Å². The number of nitrogens with zero attached hydrogens (tertiary/aromatic N) is 1. The molecule has 1 heterocycles. The van der Waals surface area contributed by atoms with E-state index in [9.17, 15) is 13.2 Å². The van der Waals surface area contributed by atoms with Crippen LogP contribution in [-0.2, 0) is 12.7 Å². The number of hydrogen-bond acceptors (Lipinski definition) is 3. The van der Waals surface area contributed by atoms with Crippen molar-refractivity contribution in [2.45, 2.75) is 29.4 Å². The van der Waals surface area contributed by atoms with Crippen LogP contribution in [0, 0.1) is 0 Å². The summed E-state index contributed by atoms with van der Waals surface area (Å²) in [6.45, 7) is 2.62. The fourth-order valence-corrected chi connectivity index (χ4v) is 3.49. The Labute approximate surface area is 154 Å². The van der Waals surface area contributed by atoms with Gasteiger partial charge in [0.05, 0.1) is 11.1 Å². The normalized spacial score (nSPS) is 12.0. The molecule has 0 saturated carbocycles. The predicted octanol–water partition coefficient (Wildman–Crippen LogP) is 6.03. The molecule has 1 N–H and O–H groups in total. The zero-order valence-corrected chi connectivity index (χ0v) is 14.9. The molecule has 2 nitrogen and oxygen atoms in total. The zero-order chi connectivity index (χ0) is 18.6. The van der Waals surface area contributed by atoms with Crippen molar-refractivity contribution in [3.63, 3.8) is 0 Å². The number of rotatable bonds is 5. The molecule has 0 unspecified atom stereocenters. The van der Waals surface area contributed by atoms with Crippen molar-refractivity contribution in [2.75, 3.05) is 0 Å². The average Bonchev–Trinajstić information content (AvgIpc) is 2.63. The van der Waals surface area contributed by atoms with E-state index in [0.29, 0.717) is 6.54 Å². The molecule has 26 heavy (non-hydrogen) atoms. The molecule has 134 valence electrons. The molecule has 0 bridgehead atoms. The van der Waals surface area contributed by atoms with Gasteiger partial charge in [-0.25, -0.2) is 0 Å². The minimum atomic E-state index is -4.32. The van der Waals surface area contributed by atoms with Gasteiger partial charge in [-0.1, -0.05) is 30.0 Å². The fourth-order valence-electron chi connectivity index (χ4n) is 2.57. The third kappa shape index (κ3) is 4.19. The number of nitrogens with one attached hydrogen (secondary N) is 1. The van der Waals surface area contributed by atoms with Crippen molar-refractivity contribution in [3.05, 3.63) is 78.1 Å². The number of hydrogen-bond donors (Lipinski definition) is 1. The highest BCUT2D eigenvalue weighted by Crippen LogP contribution is 2.36. The number of fused-ring (bicyclic) bond motifs is 1. The molecule has 0 radical (unpaired) electrons. The summed E-state index contributed by atoms with van der Waals surface area (Å²) in [4.78, 5) is 6.13. The van der Waals surface area contributed by atoms with Gasteiger partial charge in [-0.05, 0) is 55.1 Å². The number of allylic oxidation sites excluding steroid dienone is 1. The summed E-state index contributed by atoms with van der Waals surface area (Å²) in [6, 6.07) is 13.1. The number of pyridine rings is 1. The third-order valence-corrected chi connectivity index (χ3v) is 4.87. The Bertz CT molecular complexity index is 918. The lowest BCUT2D eigenvalue weighted by Gasteiger charge is -2.11. The molecule has 3 aromatic rings. The fraction of sp³-hybridized carbons (Fsp3) is 0.150. The molecule has 0 aliphatic rings. The van der Waals surface area contributed by atoms with Gasteiger partial charge in [-0.3, -0.25) is 4.98 Å². The molecule has 0 aliphatic carbocycles. The summed E-state index contributed by atoms with van der Waals surface area (Å²) in [7, 11) is 0. The van der Waals surface area contributed by atoms with E-state index in [1.165, 1.54) is 23.9 Å². The maximum Gasteiger partial charge on any atom is 0.416 e. The van der Waals surface area contributed by atoms with Gasteiger partial charge in [0, 0.05) is 27.9 Å². The number of aromatic nitrogens is 1. The van der Waals surface area contributed by atoms with Gasteiger partial charge in [-0.2, -0.15) is 13.2 Å². The Morgan fingerprint density at radius 1 is 1.08 bits per heavy atom. The topological polar surface area (TPSA) is 24.9 Å². The van der Waals surface area contributed by atoms with Crippen LogP contribution in [0.5, 0.6) is 0 Å². The largest absolute Gasteiger partial charge is 0.416 e. The molecule has 0 atom stereocenters. The first-order valence-electron chi connectivity index (χ1n) is 8.05. The van der Waals surface area contributed by atoms with Crippen molar-refractivity contribution in [1.82, 2.24) is 10.3 Å². The molecule has 0 saturated heterocycles. The number of alkyl halides is 3. The molecule has 2 aromatic carbocycles. The van der Waals surface area contributed by atoms with Crippen LogP contribution in [0.1, 0.15) is 18.1 Å². The van der Waals surface area contributed by atoms with Crippen LogP contribution in [0.15, 0.2) is 76.8 Å². The van der Waals surface area contributed by atoms with E-state index in [0.717, 1.165) is 38.4 Å². The van der Waals surface area contributed by atoms with Gasteiger partial charge < -0.3 is 5.32 Å². The van der Waals surface area contributed by atoms with E-state index >= 15 is 0 Å². The standard InChI is InChI=1S/C20H17F3N2S/c1-2-11-24-13-14-5-10-18(19-17(14)4-3-12-25-19)26-16-8-6-15(7-9-16)20(21,22)23/h2-12,24H,13H2,1H3. The smallest absolute Gasteiger partial charge is 0.387 e. The number of benzene rings is 2. The van der Waals surface area contributed by atoms with E-state index in [-0.39, 0.29) is 0 Å². The molecular formula is C20H17F3N2S. The van der Waals surface area contributed by atoms with Crippen LogP contribution >= 0.6 is 11.8 Å². The molecule has 3 rings (SSSR count). The maximum absolute atomic E-state index is 12.7. The molecule has 0 spiro atoms. The molecular weight excluding hydrogens is 357 g/mol. The maximum atomic E-state index is 12.7. The minimum Gasteiger partial charge on any atom is -0.387 e. The van der Waals surface area contributed by atoms with Gasteiger partial charge in [0.15, 0.2) is 0 Å². The highest BCUT2D eigenvalue weighted by atomic mass is 32.2. The monoisotopic (exact) mass is 374 g/mol. The first kappa shape index (κ1) is 18.3. The highest BCUT2D eigenvalue weighted by molar-refractivity contribution is 7.99. The molecule has 0 amide bonds. The Morgan fingerprint density at radius 3 is 2.54 bits per heavy atom. The van der Waals surface area contributed by atoms with E-state index < -0.39 is 11.7 Å². The van der Waals surface area contributed by atoms with Crippen LogP contribution in [0.2, 0.25) is 0 Å². The number of halogens is 3.